The molecule has 0 aromatic heterocycles. The molecular weight excluding hydrogens is 252 g/mol. The van der Waals surface area contributed by atoms with E-state index in [2.05, 4.69) is 20.8 Å². The highest BCUT2D eigenvalue weighted by Crippen LogP contribution is 2.18. The Bertz CT molecular complexity index is 293. The predicted octanol–water partition coefficient (Wildman–Crippen LogP) is 4.10. The molecule has 0 rings (SSSR count). The van der Waals surface area contributed by atoms with Gasteiger partial charge in [0.2, 0.25) is 0 Å². The normalized spacial score (nSPS) is 16.4. The molecule has 0 amide bonds. The van der Waals surface area contributed by atoms with Crippen molar-refractivity contribution in [3.05, 3.63) is 12.2 Å². The zero-order valence-corrected chi connectivity index (χ0v) is 13.8. The Morgan fingerprint density at radius 2 is 1.95 bits per heavy atom. The molecule has 0 saturated carbocycles. The molecule has 0 aliphatic rings. The van der Waals surface area contributed by atoms with Gasteiger partial charge in [-0.1, -0.05) is 52.2 Å². The van der Waals surface area contributed by atoms with Crippen LogP contribution in [-0.2, 0) is 9.53 Å². The van der Waals surface area contributed by atoms with Crippen molar-refractivity contribution in [2.75, 3.05) is 6.61 Å². The first kappa shape index (κ1) is 19.2. The molecule has 118 valence electrons. The lowest BCUT2D eigenvalue weighted by Crippen LogP contribution is -2.26. The van der Waals surface area contributed by atoms with E-state index in [0.717, 1.165) is 12.3 Å². The van der Waals surface area contributed by atoms with E-state index in [1.807, 2.05) is 6.08 Å². The standard InChI is InChI=1S/C17H32O3/c1-6-20-16(18)13-17(5,19)12-8-11-15(4)10-7-9-14(2)3/h8,12,14-15,19H,6-7,9-11,13H2,1-5H3. The van der Waals surface area contributed by atoms with Crippen molar-refractivity contribution in [2.24, 2.45) is 11.8 Å². The van der Waals surface area contributed by atoms with Crippen LogP contribution in [0.2, 0.25) is 0 Å². The first-order chi connectivity index (χ1) is 9.26. The Labute approximate surface area is 124 Å². The summed E-state index contributed by atoms with van der Waals surface area (Å²) in [6, 6.07) is 0. The summed E-state index contributed by atoms with van der Waals surface area (Å²) in [5.74, 6) is 1.03. The smallest absolute Gasteiger partial charge is 0.309 e. The quantitative estimate of drug-likeness (QED) is 0.485. The molecule has 3 heteroatoms. The first-order valence-electron chi connectivity index (χ1n) is 7.82. The van der Waals surface area contributed by atoms with Gasteiger partial charge in [-0.15, -0.1) is 0 Å². The van der Waals surface area contributed by atoms with Gasteiger partial charge in [0.05, 0.1) is 18.6 Å². The van der Waals surface area contributed by atoms with Crippen LogP contribution in [0.15, 0.2) is 12.2 Å². The zero-order chi connectivity index (χ0) is 15.6. The minimum atomic E-state index is -1.11. The number of esters is 1. The molecular formula is C17H32O3. The van der Waals surface area contributed by atoms with Gasteiger partial charge in [0.1, 0.15) is 0 Å². The van der Waals surface area contributed by atoms with Gasteiger partial charge in [0.15, 0.2) is 0 Å². The van der Waals surface area contributed by atoms with Gasteiger partial charge >= 0.3 is 5.97 Å². The summed E-state index contributed by atoms with van der Waals surface area (Å²) in [5, 5.41) is 10.1. The largest absolute Gasteiger partial charge is 0.466 e. The fourth-order valence-electron chi connectivity index (χ4n) is 2.11. The van der Waals surface area contributed by atoms with Crippen LogP contribution in [0.25, 0.3) is 0 Å². The van der Waals surface area contributed by atoms with E-state index in [1.54, 1.807) is 19.9 Å². The average Bonchev–Trinajstić information content (AvgIpc) is 2.27. The van der Waals surface area contributed by atoms with E-state index in [9.17, 15) is 9.90 Å². The summed E-state index contributed by atoms with van der Waals surface area (Å²) < 4.78 is 4.85. The summed E-state index contributed by atoms with van der Waals surface area (Å²) in [5.41, 5.74) is -1.11. The third kappa shape index (κ3) is 11.0. The molecule has 0 aliphatic heterocycles. The van der Waals surface area contributed by atoms with Crippen molar-refractivity contribution >= 4 is 5.97 Å². The molecule has 20 heavy (non-hydrogen) atoms. The summed E-state index contributed by atoms with van der Waals surface area (Å²) >= 11 is 0. The van der Waals surface area contributed by atoms with Crippen molar-refractivity contribution in [1.82, 2.24) is 0 Å². The van der Waals surface area contributed by atoms with Crippen LogP contribution in [-0.4, -0.2) is 23.3 Å². The Kier molecular flexibility index (Phi) is 9.56. The number of carbonyl (C=O) groups excluding carboxylic acids is 1. The highest BCUT2D eigenvalue weighted by atomic mass is 16.5. The van der Waals surface area contributed by atoms with E-state index >= 15 is 0 Å². The molecule has 0 bridgehead atoms. The molecule has 0 fully saturated rings. The third-order valence-electron chi connectivity index (χ3n) is 3.30. The fourth-order valence-corrected chi connectivity index (χ4v) is 2.11. The maximum absolute atomic E-state index is 11.3. The second kappa shape index (κ2) is 9.98. The number of allylic oxidation sites excluding steroid dienone is 1. The van der Waals surface area contributed by atoms with E-state index in [1.165, 1.54) is 19.3 Å². The molecule has 3 nitrogen and oxygen atoms in total. The molecule has 1 N–H and O–H groups in total. The molecule has 0 aliphatic carbocycles. The van der Waals surface area contributed by atoms with E-state index in [-0.39, 0.29) is 12.4 Å². The SMILES string of the molecule is CCOC(=O)CC(C)(O)C=CCC(C)CCCC(C)C. The first-order valence-corrected chi connectivity index (χ1v) is 7.82. The number of rotatable bonds is 10. The van der Waals surface area contributed by atoms with Crippen LogP contribution in [0.1, 0.15) is 66.7 Å². The van der Waals surface area contributed by atoms with Gasteiger partial charge in [-0.2, -0.15) is 0 Å². The lowest BCUT2D eigenvalue weighted by molar-refractivity contribution is -0.146. The molecule has 0 heterocycles. The summed E-state index contributed by atoms with van der Waals surface area (Å²) in [4.78, 5) is 11.3. The lowest BCUT2D eigenvalue weighted by Gasteiger charge is -2.18. The van der Waals surface area contributed by atoms with Crippen molar-refractivity contribution in [2.45, 2.75) is 72.3 Å². The lowest BCUT2D eigenvalue weighted by atomic mass is 9.95. The van der Waals surface area contributed by atoms with Gasteiger partial charge in [-0.05, 0) is 32.1 Å². The Balaban J connectivity index is 3.99. The van der Waals surface area contributed by atoms with Crippen LogP contribution in [0.3, 0.4) is 0 Å². The Morgan fingerprint density at radius 1 is 1.30 bits per heavy atom. The minimum absolute atomic E-state index is 0.0130. The maximum Gasteiger partial charge on any atom is 0.309 e. The molecule has 0 aromatic carbocycles. The van der Waals surface area contributed by atoms with Gasteiger partial charge in [-0.25, -0.2) is 0 Å². The van der Waals surface area contributed by atoms with Gasteiger partial charge in [0, 0.05) is 0 Å². The molecule has 0 saturated heterocycles. The van der Waals surface area contributed by atoms with Crippen LogP contribution in [0, 0.1) is 11.8 Å². The number of hydrogen-bond acceptors (Lipinski definition) is 3. The fraction of sp³-hybridized carbons (Fsp3) is 0.824. The van der Waals surface area contributed by atoms with Crippen LogP contribution >= 0.6 is 0 Å². The van der Waals surface area contributed by atoms with Crippen LogP contribution in [0.4, 0.5) is 0 Å². The Morgan fingerprint density at radius 3 is 2.50 bits per heavy atom. The zero-order valence-electron chi connectivity index (χ0n) is 13.8. The van der Waals surface area contributed by atoms with E-state index < -0.39 is 5.60 Å². The van der Waals surface area contributed by atoms with Crippen molar-refractivity contribution in [3.8, 4) is 0 Å². The van der Waals surface area contributed by atoms with E-state index in [0.29, 0.717) is 12.5 Å². The van der Waals surface area contributed by atoms with Crippen molar-refractivity contribution < 1.29 is 14.6 Å². The number of carbonyl (C=O) groups is 1. The van der Waals surface area contributed by atoms with Crippen LogP contribution < -0.4 is 0 Å². The highest BCUT2D eigenvalue weighted by molar-refractivity contribution is 5.71. The number of hydrogen-bond donors (Lipinski definition) is 1. The monoisotopic (exact) mass is 284 g/mol. The molecule has 0 radical (unpaired) electrons. The second-order valence-corrected chi connectivity index (χ2v) is 6.41. The molecule has 2 atom stereocenters. The average molecular weight is 284 g/mol. The Hall–Kier alpha value is -0.830. The van der Waals surface area contributed by atoms with Crippen molar-refractivity contribution in [1.29, 1.82) is 0 Å². The summed E-state index contributed by atoms with van der Waals surface area (Å²) in [6.07, 6.45) is 8.40. The summed E-state index contributed by atoms with van der Waals surface area (Å²) in [6.45, 7) is 10.5. The topological polar surface area (TPSA) is 46.5 Å². The maximum atomic E-state index is 11.3. The predicted molar refractivity (Wildman–Crippen MR) is 83.5 cm³/mol. The highest BCUT2D eigenvalue weighted by Gasteiger charge is 2.21. The van der Waals surface area contributed by atoms with E-state index in [4.69, 9.17) is 4.74 Å². The number of ether oxygens (including phenoxy) is 1. The van der Waals surface area contributed by atoms with Crippen LogP contribution in [0.5, 0.6) is 0 Å². The molecule has 0 spiro atoms. The molecule has 0 aromatic rings. The van der Waals surface area contributed by atoms with Gasteiger partial charge < -0.3 is 9.84 Å². The van der Waals surface area contributed by atoms with Crippen molar-refractivity contribution in [3.63, 3.8) is 0 Å². The molecule has 2 unspecified atom stereocenters. The number of aliphatic hydroxyl groups is 1. The second-order valence-electron chi connectivity index (χ2n) is 6.41. The summed E-state index contributed by atoms with van der Waals surface area (Å²) in [7, 11) is 0. The van der Waals surface area contributed by atoms with Gasteiger partial charge in [-0.3, -0.25) is 4.79 Å². The third-order valence-corrected chi connectivity index (χ3v) is 3.30. The van der Waals surface area contributed by atoms with Gasteiger partial charge in [0.25, 0.3) is 0 Å². The minimum Gasteiger partial charge on any atom is -0.466 e.